The Balaban J connectivity index is 1.69. The summed E-state index contributed by atoms with van der Waals surface area (Å²) in [6.07, 6.45) is 0. The van der Waals surface area contributed by atoms with Crippen molar-refractivity contribution in [2.75, 3.05) is 18.1 Å². The van der Waals surface area contributed by atoms with Crippen molar-refractivity contribution in [3.8, 4) is 0 Å². The molecule has 0 aliphatic rings. The maximum Gasteiger partial charge on any atom is 0.232 e. The molecule has 0 saturated carbocycles. The fraction of sp³-hybridized carbons (Fsp3) is 0.167. The largest absolute Gasteiger partial charge is 0.368 e. The van der Waals surface area contributed by atoms with E-state index >= 15 is 0 Å². The number of hydrogen-bond donors (Lipinski definition) is 2. The van der Waals surface area contributed by atoms with Crippen molar-refractivity contribution in [2.24, 2.45) is 0 Å². The summed E-state index contributed by atoms with van der Waals surface area (Å²) in [5, 5.41) is 3.72. The Morgan fingerprint density at radius 1 is 1.08 bits per heavy atom. The van der Waals surface area contributed by atoms with Crippen molar-refractivity contribution in [2.45, 2.75) is 13.1 Å². The third-order valence-corrected chi connectivity index (χ3v) is 3.80. The summed E-state index contributed by atoms with van der Waals surface area (Å²) in [5.41, 5.74) is 7.45. The molecule has 134 valence electrons. The summed E-state index contributed by atoms with van der Waals surface area (Å²) in [7, 11) is 1.90. The van der Waals surface area contributed by atoms with Crippen LogP contribution in [0.5, 0.6) is 0 Å². The molecule has 3 rings (SSSR count). The summed E-state index contributed by atoms with van der Waals surface area (Å²) in [4.78, 5) is 14.6. The number of nitrogens with one attached hydrogen (secondary N) is 1. The Morgan fingerprint density at radius 2 is 1.85 bits per heavy atom. The van der Waals surface area contributed by atoms with Gasteiger partial charge < -0.3 is 11.1 Å². The molecule has 1 heterocycles. The van der Waals surface area contributed by atoms with Gasteiger partial charge in [-0.15, -0.1) is 0 Å². The molecule has 0 aliphatic carbocycles. The van der Waals surface area contributed by atoms with E-state index in [-0.39, 0.29) is 11.8 Å². The molecule has 0 amide bonds. The smallest absolute Gasteiger partial charge is 0.232 e. The minimum absolute atomic E-state index is 0.130. The van der Waals surface area contributed by atoms with Gasteiger partial charge in [0, 0.05) is 17.3 Å². The van der Waals surface area contributed by atoms with Gasteiger partial charge in [-0.3, -0.25) is 4.90 Å². The van der Waals surface area contributed by atoms with Gasteiger partial charge >= 0.3 is 0 Å². The first kappa shape index (κ1) is 18.0. The van der Waals surface area contributed by atoms with Crippen molar-refractivity contribution in [1.29, 1.82) is 0 Å². The number of rotatable bonds is 6. The maximum atomic E-state index is 13.3. The van der Waals surface area contributed by atoms with Crippen LogP contribution in [0.25, 0.3) is 0 Å². The molecule has 0 bridgehead atoms. The van der Waals surface area contributed by atoms with Gasteiger partial charge in [0.15, 0.2) is 0 Å². The van der Waals surface area contributed by atoms with E-state index in [1.54, 1.807) is 18.2 Å². The summed E-state index contributed by atoms with van der Waals surface area (Å²) in [6.45, 7) is 1.00. The van der Waals surface area contributed by atoms with Crippen LogP contribution < -0.4 is 11.1 Å². The van der Waals surface area contributed by atoms with Crippen LogP contribution in [0.3, 0.4) is 0 Å². The summed E-state index contributed by atoms with van der Waals surface area (Å²) in [6, 6.07) is 13.7. The molecule has 1 aromatic heterocycles. The van der Waals surface area contributed by atoms with Crippen LogP contribution in [-0.2, 0) is 13.1 Å². The van der Waals surface area contributed by atoms with Gasteiger partial charge in [0.1, 0.15) is 11.6 Å². The van der Waals surface area contributed by atoms with Gasteiger partial charge in [-0.05, 0) is 49.0 Å². The Bertz CT molecular complexity index is 887. The Kier molecular flexibility index (Phi) is 5.60. The first-order valence-electron chi connectivity index (χ1n) is 7.94. The maximum absolute atomic E-state index is 13.3. The molecule has 0 saturated heterocycles. The molecule has 0 radical (unpaired) electrons. The van der Waals surface area contributed by atoms with Gasteiger partial charge in [0.2, 0.25) is 11.9 Å². The molecule has 0 atom stereocenters. The van der Waals surface area contributed by atoms with Crippen LogP contribution in [-0.4, -0.2) is 26.9 Å². The minimum Gasteiger partial charge on any atom is -0.368 e. The highest BCUT2D eigenvalue weighted by atomic mass is 35.5. The van der Waals surface area contributed by atoms with E-state index in [1.165, 1.54) is 12.1 Å². The number of aromatic nitrogens is 3. The van der Waals surface area contributed by atoms with Crippen molar-refractivity contribution in [3.63, 3.8) is 0 Å². The van der Waals surface area contributed by atoms with E-state index in [1.807, 2.05) is 30.1 Å². The number of nitrogens with zero attached hydrogens (tertiary/aromatic N) is 4. The van der Waals surface area contributed by atoms with Crippen molar-refractivity contribution >= 4 is 29.2 Å². The standard InChI is InChI=1S/C18H18ClFN6/c1-26(10-12-3-2-4-14(20)9-12)11-16-23-17(21)25-18(24-16)22-15-7-5-13(19)6-8-15/h2-9H,10-11H2,1H3,(H3,21,22,23,24,25). The van der Waals surface area contributed by atoms with Gasteiger partial charge in [-0.1, -0.05) is 23.7 Å². The quantitative estimate of drug-likeness (QED) is 0.688. The van der Waals surface area contributed by atoms with Crippen LogP contribution in [0, 0.1) is 5.82 Å². The van der Waals surface area contributed by atoms with Crippen LogP contribution in [0.2, 0.25) is 5.02 Å². The average Bonchev–Trinajstić information content (AvgIpc) is 2.56. The topological polar surface area (TPSA) is 80.0 Å². The molecular weight excluding hydrogens is 355 g/mol. The molecular formula is C18H18ClFN6. The van der Waals surface area contributed by atoms with E-state index in [2.05, 4.69) is 20.3 Å². The zero-order valence-corrected chi connectivity index (χ0v) is 14.9. The summed E-state index contributed by atoms with van der Waals surface area (Å²) in [5.74, 6) is 0.752. The minimum atomic E-state index is -0.255. The number of anilines is 3. The molecule has 2 aromatic carbocycles. The van der Waals surface area contributed by atoms with Gasteiger partial charge in [0.25, 0.3) is 0 Å². The Labute approximate surface area is 155 Å². The number of hydrogen-bond acceptors (Lipinski definition) is 6. The molecule has 3 N–H and O–H groups in total. The molecule has 8 heteroatoms. The van der Waals surface area contributed by atoms with Crippen LogP contribution in [0.4, 0.5) is 22.0 Å². The van der Waals surface area contributed by atoms with Crippen LogP contribution >= 0.6 is 11.6 Å². The number of benzene rings is 2. The lowest BCUT2D eigenvalue weighted by Crippen LogP contribution is -2.20. The third-order valence-electron chi connectivity index (χ3n) is 3.55. The lowest BCUT2D eigenvalue weighted by molar-refractivity contribution is 0.310. The molecule has 0 spiro atoms. The molecule has 0 aliphatic heterocycles. The highest BCUT2D eigenvalue weighted by Crippen LogP contribution is 2.17. The van der Waals surface area contributed by atoms with Gasteiger partial charge in [-0.2, -0.15) is 15.0 Å². The van der Waals surface area contributed by atoms with E-state index in [4.69, 9.17) is 17.3 Å². The highest BCUT2D eigenvalue weighted by molar-refractivity contribution is 6.30. The first-order valence-corrected chi connectivity index (χ1v) is 8.32. The summed E-state index contributed by atoms with van der Waals surface area (Å²) < 4.78 is 13.3. The van der Waals surface area contributed by atoms with E-state index in [0.717, 1.165) is 11.3 Å². The lowest BCUT2D eigenvalue weighted by Gasteiger charge is -2.16. The van der Waals surface area contributed by atoms with Crippen molar-refractivity contribution in [3.05, 3.63) is 70.8 Å². The normalized spacial score (nSPS) is 10.9. The summed E-state index contributed by atoms with van der Waals surface area (Å²) >= 11 is 5.88. The fourth-order valence-electron chi connectivity index (χ4n) is 2.47. The zero-order valence-electron chi connectivity index (χ0n) is 14.2. The highest BCUT2D eigenvalue weighted by Gasteiger charge is 2.09. The third kappa shape index (κ3) is 5.11. The Hall–Kier alpha value is -2.77. The molecule has 26 heavy (non-hydrogen) atoms. The molecule has 0 fully saturated rings. The first-order chi connectivity index (χ1) is 12.5. The second kappa shape index (κ2) is 8.07. The van der Waals surface area contributed by atoms with Crippen molar-refractivity contribution < 1.29 is 4.39 Å². The SMILES string of the molecule is CN(Cc1cccc(F)c1)Cc1nc(N)nc(Nc2ccc(Cl)cc2)n1. The average molecular weight is 373 g/mol. The van der Waals surface area contributed by atoms with E-state index in [9.17, 15) is 4.39 Å². The zero-order chi connectivity index (χ0) is 18.5. The molecule has 6 nitrogen and oxygen atoms in total. The second-order valence-electron chi connectivity index (χ2n) is 5.87. The second-order valence-corrected chi connectivity index (χ2v) is 6.30. The van der Waals surface area contributed by atoms with Crippen LogP contribution in [0.15, 0.2) is 48.5 Å². The predicted octanol–water partition coefficient (Wildman–Crippen LogP) is 3.62. The van der Waals surface area contributed by atoms with Gasteiger partial charge in [0.05, 0.1) is 6.54 Å². The lowest BCUT2D eigenvalue weighted by atomic mass is 10.2. The number of nitrogen functional groups attached to an aromatic ring is 1. The fourth-order valence-corrected chi connectivity index (χ4v) is 2.60. The van der Waals surface area contributed by atoms with E-state index in [0.29, 0.717) is 29.9 Å². The van der Waals surface area contributed by atoms with Crippen molar-refractivity contribution in [1.82, 2.24) is 19.9 Å². The van der Waals surface area contributed by atoms with E-state index < -0.39 is 0 Å². The molecule has 3 aromatic rings. The van der Waals surface area contributed by atoms with Gasteiger partial charge in [-0.25, -0.2) is 4.39 Å². The number of nitrogens with two attached hydrogens (primary N) is 1. The van der Waals surface area contributed by atoms with Crippen LogP contribution in [0.1, 0.15) is 11.4 Å². The number of halogens is 2. The Morgan fingerprint density at radius 3 is 2.58 bits per heavy atom. The molecule has 0 unspecified atom stereocenters. The predicted molar refractivity (Wildman–Crippen MR) is 101 cm³/mol. The monoisotopic (exact) mass is 372 g/mol.